The number of halogens is 1. The summed E-state index contributed by atoms with van der Waals surface area (Å²) < 4.78 is 24.2. The molecule has 52 heavy (non-hydrogen) atoms. The van der Waals surface area contributed by atoms with Gasteiger partial charge in [0.25, 0.3) is 5.91 Å². The van der Waals surface area contributed by atoms with E-state index in [9.17, 15) is 28.4 Å². The van der Waals surface area contributed by atoms with Crippen LogP contribution < -0.4 is 10.6 Å². The lowest BCUT2D eigenvalue weighted by atomic mass is 9.94. The van der Waals surface area contributed by atoms with Crippen LogP contribution in [-0.4, -0.2) is 96.4 Å². The van der Waals surface area contributed by atoms with Gasteiger partial charge >= 0.3 is 11.9 Å². The molecule has 288 valence electrons. The van der Waals surface area contributed by atoms with Crippen LogP contribution in [0.25, 0.3) is 0 Å². The summed E-state index contributed by atoms with van der Waals surface area (Å²) in [6, 6.07) is 3.99. The number of carbonyl (C=O) groups is 5. The molecule has 1 aliphatic rings. The maximum atomic E-state index is 14.0. The molecule has 12 nitrogen and oxygen atoms in total. The summed E-state index contributed by atoms with van der Waals surface area (Å²) in [6.07, 6.45) is 2.70. The number of nitrogens with zero attached hydrogens (tertiary/aromatic N) is 3. The fourth-order valence-electron chi connectivity index (χ4n) is 6.67. The molecule has 2 aromatic rings. The van der Waals surface area contributed by atoms with Crippen molar-refractivity contribution in [2.24, 2.45) is 17.8 Å². The zero-order valence-corrected chi connectivity index (χ0v) is 32.8. The van der Waals surface area contributed by atoms with E-state index >= 15 is 0 Å². The lowest BCUT2D eigenvalue weighted by Crippen LogP contribution is -2.57. The second-order valence-electron chi connectivity index (χ2n) is 14.5. The lowest BCUT2D eigenvalue weighted by molar-refractivity contribution is -0.149. The van der Waals surface area contributed by atoms with E-state index in [2.05, 4.69) is 15.6 Å². The molecule has 14 heteroatoms. The molecular formula is C38H56FN5O7S. The molecule has 1 aliphatic heterocycles. The Kier molecular flexibility index (Phi) is 16.2. The number of benzene rings is 1. The molecule has 0 aliphatic carbocycles. The second-order valence-corrected chi connectivity index (χ2v) is 15.4. The number of methoxy groups -OCH3 is 1. The average Bonchev–Trinajstić information content (AvgIpc) is 3.59. The van der Waals surface area contributed by atoms with E-state index in [0.717, 1.165) is 42.7 Å². The molecule has 1 fully saturated rings. The highest BCUT2D eigenvalue weighted by Gasteiger charge is 2.37. The Morgan fingerprint density at radius 1 is 1.02 bits per heavy atom. The van der Waals surface area contributed by atoms with Gasteiger partial charge in [0.2, 0.25) is 11.8 Å². The second kappa shape index (κ2) is 19.8. The molecule has 1 aromatic carbocycles. The molecular weight excluding hydrogens is 690 g/mol. The normalized spacial score (nSPS) is 17.8. The van der Waals surface area contributed by atoms with Gasteiger partial charge in [-0.3, -0.25) is 28.9 Å². The van der Waals surface area contributed by atoms with Crippen molar-refractivity contribution < 1.29 is 37.8 Å². The fourth-order valence-corrected chi connectivity index (χ4v) is 7.51. The van der Waals surface area contributed by atoms with Crippen molar-refractivity contribution in [2.75, 3.05) is 27.7 Å². The van der Waals surface area contributed by atoms with Gasteiger partial charge in [0, 0.05) is 37.9 Å². The third-order valence-electron chi connectivity index (χ3n) is 9.68. The standard InChI is InChI=1S/C38H56FN5O7S/c1-22(2)31(44(8)37(48)33(23(3)4)42-35(47)30-12-10-11-17-43(30)7)20-32(51-25(6)45)36-41-29(21-52-36)34(46)40-28(18-24(5)38(49)50-9)19-26-13-15-27(39)16-14-26/h13-16,21-24,28,30-33H,10-12,17-20H2,1-9H3,(H,40,46)(H,42,47)/t24?,28?,30-,31?,32?,33?/m1/s1. The van der Waals surface area contributed by atoms with Gasteiger partial charge in [-0.1, -0.05) is 53.2 Å². The molecule has 0 spiro atoms. The van der Waals surface area contributed by atoms with Crippen LogP contribution in [0.4, 0.5) is 4.39 Å². The molecule has 1 saturated heterocycles. The van der Waals surface area contributed by atoms with E-state index < -0.39 is 48.0 Å². The van der Waals surface area contributed by atoms with Crippen molar-refractivity contribution in [1.82, 2.24) is 25.4 Å². The van der Waals surface area contributed by atoms with Crippen molar-refractivity contribution in [1.29, 1.82) is 0 Å². The number of rotatable bonds is 17. The van der Waals surface area contributed by atoms with Gasteiger partial charge < -0.3 is 25.0 Å². The Morgan fingerprint density at radius 3 is 2.27 bits per heavy atom. The molecule has 0 bridgehead atoms. The van der Waals surface area contributed by atoms with Gasteiger partial charge in [-0.2, -0.15) is 0 Å². The van der Waals surface area contributed by atoms with Crippen LogP contribution in [0.1, 0.15) is 101 Å². The number of likely N-dealkylation sites (N-methyl/N-ethyl adjacent to an activating group) is 2. The van der Waals surface area contributed by atoms with Crippen molar-refractivity contribution in [3.63, 3.8) is 0 Å². The van der Waals surface area contributed by atoms with Crippen LogP contribution in [0.15, 0.2) is 29.6 Å². The van der Waals surface area contributed by atoms with E-state index in [1.165, 1.54) is 26.2 Å². The quantitative estimate of drug-likeness (QED) is 0.215. The number of aromatic nitrogens is 1. The summed E-state index contributed by atoms with van der Waals surface area (Å²) in [5, 5.41) is 7.95. The van der Waals surface area contributed by atoms with E-state index in [1.54, 1.807) is 36.4 Å². The monoisotopic (exact) mass is 745 g/mol. The number of ether oxygens (including phenoxy) is 2. The Hall–Kier alpha value is -3.91. The number of nitrogens with one attached hydrogen (secondary N) is 2. The van der Waals surface area contributed by atoms with Crippen molar-refractivity contribution in [3.8, 4) is 0 Å². The number of hydrogen-bond acceptors (Lipinski definition) is 10. The minimum atomic E-state index is -0.857. The maximum absolute atomic E-state index is 14.0. The van der Waals surface area contributed by atoms with E-state index in [-0.39, 0.29) is 54.0 Å². The third-order valence-corrected chi connectivity index (χ3v) is 10.6. The summed E-state index contributed by atoms with van der Waals surface area (Å²) in [5.74, 6) is -2.97. The Balaban J connectivity index is 1.80. The molecule has 3 rings (SSSR count). The molecule has 2 N–H and O–H groups in total. The third kappa shape index (κ3) is 12.1. The summed E-state index contributed by atoms with van der Waals surface area (Å²) in [6.45, 7) is 11.6. The molecule has 0 saturated carbocycles. The van der Waals surface area contributed by atoms with E-state index in [0.29, 0.717) is 11.4 Å². The summed E-state index contributed by atoms with van der Waals surface area (Å²) in [4.78, 5) is 73.6. The lowest BCUT2D eigenvalue weighted by Gasteiger charge is -2.37. The number of amides is 3. The average molecular weight is 746 g/mol. The number of likely N-dealkylation sites (tertiary alicyclic amines) is 1. The SMILES string of the molecule is COC(=O)C(C)CC(Cc1ccc(F)cc1)NC(=O)c1csc(C(CC(C(C)C)N(C)C(=O)C(NC(=O)[C@H]2CCCCN2C)C(C)C)OC(C)=O)n1. The van der Waals surface area contributed by atoms with Crippen LogP contribution in [0.2, 0.25) is 0 Å². The highest BCUT2D eigenvalue weighted by molar-refractivity contribution is 7.09. The minimum Gasteiger partial charge on any atom is -0.469 e. The molecule has 2 heterocycles. The minimum absolute atomic E-state index is 0.0632. The number of carbonyl (C=O) groups excluding carboxylic acids is 5. The first kappa shape index (κ1) is 42.5. The smallest absolute Gasteiger partial charge is 0.308 e. The zero-order chi connectivity index (χ0) is 38.7. The first-order chi connectivity index (χ1) is 24.5. The largest absolute Gasteiger partial charge is 0.469 e. The Morgan fingerprint density at radius 2 is 1.69 bits per heavy atom. The van der Waals surface area contributed by atoms with Gasteiger partial charge in [-0.25, -0.2) is 9.37 Å². The predicted molar refractivity (Wildman–Crippen MR) is 197 cm³/mol. The van der Waals surface area contributed by atoms with Crippen LogP contribution >= 0.6 is 11.3 Å². The van der Waals surface area contributed by atoms with Gasteiger partial charge in [-0.05, 0) is 68.8 Å². The van der Waals surface area contributed by atoms with Gasteiger partial charge in [0.15, 0.2) is 6.10 Å². The van der Waals surface area contributed by atoms with Crippen LogP contribution in [0, 0.1) is 23.6 Å². The van der Waals surface area contributed by atoms with Gasteiger partial charge in [0.05, 0.1) is 19.1 Å². The highest BCUT2D eigenvalue weighted by atomic mass is 32.1. The summed E-state index contributed by atoms with van der Waals surface area (Å²) in [5.41, 5.74) is 0.879. The Bertz CT molecular complexity index is 1520. The molecule has 5 unspecified atom stereocenters. The van der Waals surface area contributed by atoms with Crippen LogP contribution in [0.3, 0.4) is 0 Å². The van der Waals surface area contributed by atoms with E-state index in [1.807, 2.05) is 39.6 Å². The van der Waals surface area contributed by atoms with Gasteiger partial charge in [-0.15, -0.1) is 11.3 Å². The first-order valence-corrected chi connectivity index (χ1v) is 18.9. The number of thiazole rings is 1. The number of esters is 2. The molecule has 3 amide bonds. The van der Waals surface area contributed by atoms with Crippen molar-refractivity contribution in [2.45, 2.75) is 110 Å². The number of hydrogen-bond donors (Lipinski definition) is 2. The van der Waals surface area contributed by atoms with Crippen molar-refractivity contribution >= 4 is 41.0 Å². The van der Waals surface area contributed by atoms with Crippen molar-refractivity contribution in [3.05, 3.63) is 51.7 Å². The van der Waals surface area contributed by atoms with Crippen LogP contribution in [-0.2, 0) is 35.1 Å². The maximum Gasteiger partial charge on any atom is 0.308 e. The fraction of sp³-hybridized carbons (Fsp3) is 0.632. The van der Waals surface area contributed by atoms with Gasteiger partial charge in [0.1, 0.15) is 22.6 Å². The zero-order valence-electron chi connectivity index (χ0n) is 31.9. The summed E-state index contributed by atoms with van der Waals surface area (Å²) in [7, 11) is 4.93. The number of piperidine rings is 1. The topological polar surface area (TPSA) is 147 Å². The predicted octanol–water partition coefficient (Wildman–Crippen LogP) is 4.92. The first-order valence-electron chi connectivity index (χ1n) is 18.0. The summed E-state index contributed by atoms with van der Waals surface area (Å²) >= 11 is 1.16. The Labute approximate surface area is 311 Å². The molecule has 6 atom stereocenters. The molecule has 1 aromatic heterocycles. The van der Waals surface area contributed by atoms with E-state index in [4.69, 9.17) is 9.47 Å². The van der Waals surface area contributed by atoms with Crippen LogP contribution in [0.5, 0.6) is 0 Å². The highest BCUT2D eigenvalue weighted by Crippen LogP contribution is 2.31. The molecule has 0 radical (unpaired) electrons.